The number of morpholine rings is 1. The molecule has 1 fully saturated rings. The predicted molar refractivity (Wildman–Crippen MR) is 132 cm³/mol. The van der Waals surface area contributed by atoms with E-state index in [0.29, 0.717) is 6.54 Å². The molecule has 1 aromatic rings. The van der Waals surface area contributed by atoms with Crippen LogP contribution in [-0.2, 0) is 11.3 Å². The van der Waals surface area contributed by atoms with Gasteiger partial charge in [-0.1, -0.05) is 6.07 Å². The lowest BCUT2D eigenvalue weighted by atomic mass is 10.2. The maximum atomic E-state index is 5.80. The number of aliphatic imine (C=N–C) groups is 1. The Morgan fingerprint density at radius 3 is 2.61 bits per heavy atom. The van der Waals surface area contributed by atoms with Crippen LogP contribution < -0.4 is 15.5 Å². The summed E-state index contributed by atoms with van der Waals surface area (Å²) >= 11 is 1.90. The van der Waals surface area contributed by atoms with Crippen molar-refractivity contribution in [2.24, 2.45) is 4.99 Å². The summed E-state index contributed by atoms with van der Waals surface area (Å²) in [4.78, 5) is 11.6. The Balaban J connectivity index is 0.00000392. The van der Waals surface area contributed by atoms with Crippen molar-refractivity contribution in [3.63, 3.8) is 0 Å². The SMILES string of the molecule is CCNC(=NCc1ccc(N2CC(C)OC(C)C2)nc1)NCCCCSC.I. The number of anilines is 1. The second-order valence-electron chi connectivity index (χ2n) is 7.01. The van der Waals surface area contributed by atoms with Crippen molar-refractivity contribution in [1.29, 1.82) is 0 Å². The molecule has 1 saturated heterocycles. The molecule has 2 N–H and O–H groups in total. The zero-order chi connectivity index (χ0) is 19.5. The number of pyridine rings is 1. The van der Waals surface area contributed by atoms with Gasteiger partial charge in [0.05, 0.1) is 18.8 Å². The Kier molecular flexibility index (Phi) is 12.9. The van der Waals surface area contributed by atoms with Gasteiger partial charge < -0.3 is 20.3 Å². The Bertz CT molecular complexity index is 562. The molecule has 0 radical (unpaired) electrons. The highest BCUT2D eigenvalue weighted by atomic mass is 127. The standard InChI is InChI=1S/C20H35N5OS.HI/c1-5-21-20(22-10-6-7-11-27-4)24-13-18-8-9-19(23-12-18)25-14-16(2)26-17(3)15-25;/h8-9,12,16-17H,5-7,10-11,13-15H2,1-4H3,(H2,21,22,24);1H. The van der Waals surface area contributed by atoms with E-state index in [1.54, 1.807) is 0 Å². The first kappa shape index (κ1) is 25.3. The largest absolute Gasteiger partial charge is 0.372 e. The van der Waals surface area contributed by atoms with Gasteiger partial charge in [-0.15, -0.1) is 24.0 Å². The second-order valence-corrected chi connectivity index (χ2v) is 7.99. The van der Waals surface area contributed by atoms with E-state index in [-0.39, 0.29) is 36.2 Å². The molecule has 2 heterocycles. The second kappa shape index (κ2) is 14.3. The summed E-state index contributed by atoms with van der Waals surface area (Å²) in [5.41, 5.74) is 1.12. The number of halogens is 1. The zero-order valence-electron chi connectivity index (χ0n) is 17.6. The van der Waals surface area contributed by atoms with Crippen LogP contribution >= 0.6 is 35.7 Å². The minimum Gasteiger partial charge on any atom is -0.372 e. The number of rotatable bonds is 9. The van der Waals surface area contributed by atoms with Crippen LogP contribution in [0, 0.1) is 0 Å². The molecule has 8 heteroatoms. The average molecular weight is 522 g/mol. The number of unbranched alkanes of at least 4 members (excludes halogenated alkanes) is 1. The number of ether oxygens (including phenoxy) is 1. The van der Waals surface area contributed by atoms with E-state index in [2.05, 4.69) is 64.7 Å². The molecule has 0 amide bonds. The van der Waals surface area contributed by atoms with E-state index in [1.165, 1.54) is 12.2 Å². The molecular formula is C20H36IN5OS. The Hall–Kier alpha value is -0.740. The summed E-state index contributed by atoms with van der Waals surface area (Å²) < 4.78 is 5.80. The van der Waals surface area contributed by atoms with Crippen molar-refractivity contribution in [2.75, 3.05) is 43.1 Å². The van der Waals surface area contributed by atoms with E-state index in [4.69, 9.17) is 4.74 Å². The summed E-state index contributed by atoms with van der Waals surface area (Å²) in [5, 5.41) is 6.72. The molecule has 0 aromatic carbocycles. The smallest absolute Gasteiger partial charge is 0.191 e. The molecule has 2 atom stereocenters. The van der Waals surface area contributed by atoms with Crippen molar-refractivity contribution in [2.45, 2.75) is 52.4 Å². The van der Waals surface area contributed by atoms with Gasteiger partial charge >= 0.3 is 0 Å². The number of nitrogens with one attached hydrogen (secondary N) is 2. The molecule has 0 saturated carbocycles. The number of guanidine groups is 1. The molecule has 1 aliphatic heterocycles. The molecule has 6 nitrogen and oxygen atoms in total. The van der Waals surface area contributed by atoms with E-state index >= 15 is 0 Å². The van der Waals surface area contributed by atoms with Gasteiger partial charge in [0.15, 0.2) is 5.96 Å². The van der Waals surface area contributed by atoms with Gasteiger partial charge in [-0.25, -0.2) is 9.98 Å². The normalized spacial score (nSPS) is 19.9. The third kappa shape index (κ3) is 9.17. The van der Waals surface area contributed by atoms with Crippen LogP contribution in [0.4, 0.5) is 5.82 Å². The van der Waals surface area contributed by atoms with Gasteiger partial charge in [0.25, 0.3) is 0 Å². The van der Waals surface area contributed by atoms with Crippen LogP contribution in [0.3, 0.4) is 0 Å². The topological polar surface area (TPSA) is 61.8 Å². The minimum absolute atomic E-state index is 0. The molecule has 0 aliphatic carbocycles. The number of hydrogen-bond acceptors (Lipinski definition) is 5. The predicted octanol–water partition coefficient (Wildman–Crippen LogP) is 3.51. The maximum absolute atomic E-state index is 5.80. The fraction of sp³-hybridized carbons (Fsp3) is 0.700. The molecule has 2 rings (SSSR count). The molecule has 28 heavy (non-hydrogen) atoms. The third-order valence-electron chi connectivity index (χ3n) is 4.38. The summed E-state index contributed by atoms with van der Waals surface area (Å²) in [6, 6.07) is 4.22. The summed E-state index contributed by atoms with van der Waals surface area (Å²) in [6.07, 6.45) is 6.97. The van der Waals surface area contributed by atoms with Gasteiger partial charge in [-0.3, -0.25) is 0 Å². The third-order valence-corrected chi connectivity index (χ3v) is 5.08. The number of nitrogens with zero attached hydrogens (tertiary/aromatic N) is 3. The zero-order valence-corrected chi connectivity index (χ0v) is 20.8. The van der Waals surface area contributed by atoms with Gasteiger partial charge in [-0.2, -0.15) is 11.8 Å². The summed E-state index contributed by atoms with van der Waals surface area (Å²) in [7, 11) is 0. The highest BCUT2D eigenvalue weighted by Gasteiger charge is 2.22. The fourth-order valence-electron chi connectivity index (χ4n) is 3.15. The molecule has 0 bridgehead atoms. The first-order chi connectivity index (χ1) is 13.1. The first-order valence-electron chi connectivity index (χ1n) is 9.98. The van der Waals surface area contributed by atoms with Gasteiger partial charge in [0, 0.05) is 32.4 Å². The molecule has 0 spiro atoms. The fourth-order valence-corrected chi connectivity index (χ4v) is 3.65. The quantitative estimate of drug-likeness (QED) is 0.225. The molecule has 1 aromatic heterocycles. The summed E-state index contributed by atoms with van der Waals surface area (Å²) in [6.45, 7) is 10.5. The highest BCUT2D eigenvalue weighted by Crippen LogP contribution is 2.18. The summed E-state index contributed by atoms with van der Waals surface area (Å²) in [5.74, 6) is 3.11. The van der Waals surface area contributed by atoms with Crippen LogP contribution in [0.25, 0.3) is 0 Å². The molecule has 2 unspecified atom stereocenters. The Morgan fingerprint density at radius 1 is 1.25 bits per heavy atom. The van der Waals surface area contributed by atoms with E-state index < -0.39 is 0 Å². The number of thioether (sulfide) groups is 1. The molecular weight excluding hydrogens is 485 g/mol. The van der Waals surface area contributed by atoms with E-state index in [1.807, 2.05) is 18.0 Å². The maximum Gasteiger partial charge on any atom is 0.191 e. The van der Waals surface area contributed by atoms with Crippen molar-refractivity contribution in [3.8, 4) is 0 Å². The molecule has 160 valence electrons. The average Bonchev–Trinajstić information content (AvgIpc) is 2.65. The van der Waals surface area contributed by atoms with Gasteiger partial charge in [0.1, 0.15) is 5.82 Å². The van der Waals surface area contributed by atoms with Crippen LogP contribution in [0.15, 0.2) is 23.3 Å². The lowest BCUT2D eigenvalue weighted by Crippen LogP contribution is -2.45. The van der Waals surface area contributed by atoms with E-state index in [0.717, 1.165) is 49.9 Å². The first-order valence-corrected chi connectivity index (χ1v) is 11.4. The monoisotopic (exact) mass is 521 g/mol. The van der Waals surface area contributed by atoms with Crippen molar-refractivity contribution >= 4 is 47.5 Å². The van der Waals surface area contributed by atoms with Crippen LogP contribution in [0.5, 0.6) is 0 Å². The van der Waals surface area contributed by atoms with E-state index in [9.17, 15) is 0 Å². The highest BCUT2D eigenvalue weighted by molar-refractivity contribution is 14.0. The van der Waals surface area contributed by atoms with Gasteiger partial charge in [0.2, 0.25) is 0 Å². The lowest BCUT2D eigenvalue weighted by molar-refractivity contribution is -0.00545. The number of hydrogen-bond donors (Lipinski definition) is 2. The van der Waals surface area contributed by atoms with Crippen molar-refractivity contribution in [3.05, 3.63) is 23.9 Å². The minimum atomic E-state index is 0. The van der Waals surface area contributed by atoms with Crippen LogP contribution in [0.1, 0.15) is 39.2 Å². The Labute approximate surface area is 191 Å². The van der Waals surface area contributed by atoms with Crippen LogP contribution in [0.2, 0.25) is 0 Å². The van der Waals surface area contributed by atoms with Crippen LogP contribution in [-0.4, -0.2) is 61.3 Å². The Morgan fingerprint density at radius 2 is 2.00 bits per heavy atom. The van der Waals surface area contributed by atoms with Crippen molar-refractivity contribution in [1.82, 2.24) is 15.6 Å². The lowest BCUT2D eigenvalue weighted by Gasteiger charge is -2.36. The number of aromatic nitrogens is 1. The van der Waals surface area contributed by atoms with Gasteiger partial charge in [-0.05, 0) is 57.3 Å². The van der Waals surface area contributed by atoms with Crippen molar-refractivity contribution < 1.29 is 4.74 Å². The molecule has 1 aliphatic rings.